The zero-order chi connectivity index (χ0) is 24.2. The monoisotopic (exact) mass is 471 g/mol. The lowest BCUT2D eigenvalue weighted by molar-refractivity contribution is -0.120. The van der Waals surface area contributed by atoms with Gasteiger partial charge in [-0.2, -0.15) is 4.31 Å². The van der Waals surface area contributed by atoms with Gasteiger partial charge in [-0.1, -0.05) is 44.2 Å². The van der Waals surface area contributed by atoms with Gasteiger partial charge in [-0.05, 0) is 43.7 Å². The Balaban J connectivity index is 1.72. The van der Waals surface area contributed by atoms with Gasteiger partial charge in [0.05, 0.1) is 16.6 Å². The number of carbonyl (C=O) groups is 2. The molecule has 2 aromatic carbocycles. The quantitative estimate of drug-likeness (QED) is 0.613. The normalized spacial score (nSPS) is 17.4. The van der Waals surface area contributed by atoms with Gasteiger partial charge in [-0.15, -0.1) is 0 Å². The van der Waals surface area contributed by atoms with Crippen LogP contribution in [-0.2, 0) is 19.6 Å². The van der Waals surface area contributed by atoms with Crippen molar-refractivity contribution in [3.8, 4) is 0 Å². The SMILES string of the molecule is CCN(CC)S(=O)(=O)c1ccc([C@@H](C)NC(=O)C2=N[C@@H](C)C(=O)N(c3ccccc3)N2)cc1. The molecule has 2 amide bonds. The van der Waals surface area contributed by atoms with E-state index in [4.69, 9.17) is 0 Å². The Morgan fingerprint density at radius 2 is 1.73 bits per heavy atom. The number of sulfonamides is 1. The summed E-state index contributed by atoms with van der Waals surface area (Å²) in [5.41, 5.74) is 4.14. The summed E-state index contributed by atoms with van der Waals surface area (Å²) in [6.07, 6.45) is 0. The molecule has 2 atom stereocenters. The minimum absolute atomic E-state index is 0.0264. The Bertz CT molecular complexity index is 1130. The van der Waals surface area contributed by atoms with E-state index >= 15 is 0 Å². The van der Waals surface area contributed by atoms with Crippen molar-refractivity contribution < 1.29 is 18.0 Å². The molecule has 9 nitrogen and oxygen atoms in total. The summed E-state index contributed by atoms with van der Waals surface area (Å²) >= 11 is 0. The van der Waals surface area contributed by atoms with Gasteiger partial charge in [0.25, 0.3) is 11.8 Å². The minimum Gasteiger partial charge on any atom is -0.343 e. The summed E-state index contributed by atoms with van der Waals surface area (Å²) in [6, 6.07) is 14.3. The molecule has 0 unspecified atom stereocenters. The number of nitrogens with one attached hydrogen (secondary N) is 2. The second-order valence-electron chi connectivity index (χ2n) is 7.63. The number of para-hydroxylation sites is 1. The third-order valence-electron chi connectivity index (χ3n) is 5.42. The molecule has 10 heteroatoms. The van der Waals surface area contributed by atoms with Crippen LogP contribution >= 0.6 is 0 Å². The number of nitrogens with zero attached hydrogens (tertiary/aromatic N) is 3. The van der Waals surface area contributed by atoms with Crippen LogP contribution in [0.5, 0.6) is 0 Å². The van der Waals surface area contributed by atoms with Gasteiger partial charge in [-0.3, -0.25) is 15.0 Å². The number of hydrogen-bond donors (Lipinski definition) is 2. The standard InChI is InChI=1S/C23H29N5O4S/c1-5-27(6-2)33(31,32)20-14-12-18(13-15-20)16(3)25-22(29)21-24-17(4)23(30)28(26-21)19-10-8-7-9-11-19/h7-17H,5-6H2,1-4H3,(H,24,26)(H,25,29)/t16-,17+/m1/s1. The number of hydrogen-bond acceptors (Lipinski definition) is 6. The van der Waals surface area contributed by atoms with Crippen LogP contribution in [0.4, 0.5) is 5.69 Å². The fourth-order valence-electron chi connectivity index (χ4n) is 3.49. The van der Waals surface area contributed by atoms with Crippen LogP contribution in [0.1, 0.15) is 39.3 Å². The first-order chi connectivity index (χ1) is 15.7. The summed E-state index contributed by atoms with van der Waals surface area (Å²) in [6.45, 7) is 7.79. The highest BCUT2D eigenvalue weighted by Gasteiger charge is 2.31. The third kappa shape index (κ3) is 5.23. The molecule has 0 bridgehead atoms. The highest BCUT2D eigenvalue weighted by Crippen LogP contribution is 2.20. The molecule has 1 heterocycles. The molecule has 0 fully saturated rings. The second-order valence-corrected chi connectivity index (χ2v) is 9.57. The van der Waals surface area contributed by atoms with Crippen molar-refractivity contribution in [1.82, 2.24) is 15.0 Å². The van der Waals surface area contributed by atoms with Crippen molar-refractivity contribution in [1.29, 1.82) is 0 Å². The molecule has 0 spiro atoms. The molecule has 0 aliphatic carbocycles. The smallest absolute Gasteiger partial charge is 0.288 e. The number of benzene rings is 2. The Labute approximate surface area is 194 Å². The second kappa shape index (κ2) is 10.1. The molecule has 0 aromatic heterocycles. The third-order valence-corrected chi connectivity index (χ3v) is 7.48. The molecule has 2 N–H and O–H groups in total. The van der Waals surface area contributed by atoms with Crippen LogP contribution in [0.2, 0.25) is 0 Å². The summed E-state index contributed by atoms with van der Waals surface area (Å²) in [5, 5.41) is 4.16. The number of aliphatic imine (C=N–C) groups is 1. The number of carbonyl (C=O) groups excluding carboxylic acids is 2. The maximum atomic E-state index is 12.9. The highest BCUT2D eigenvalue weighted by atomic mass is 32.2. The molecule has 0 saturated heterocycles. The largest absolute Gasteiger partial charge is 0.343 e. The van der Waals surface area contributed by atoms with E-state index in [1.54, 1.807) is 76.2 Å². The van der Waals surface area contributed by atoms with E-state index in [-0.39, 0.29) is 16.6 Å². The van der Waals surface area contributed by atoms with Crippen LogP contribution in [0.3, 0.4) is 0 Å². The molecule has 1 aliphatic heterocycles. The Hall–Kier alpha value is -3.24. The van der Waals surface area contributed by atoms with E-state index in [9.17, 15) is 18.0 Å². The fraction of sp³-hybridized carbons (Fsp3) is 0.348. The van der Waals surface area contributed by atoms with Gasteiger partial charge in [0.15, 0.2) is 0 Å². The number of amides is 2. The molecule has 0 saturated carbocycles. The molecule has 2 aromatic rings. The lowest BCUT2D eigenvalue weighted by atomic mass is 10.1. The van der Waals surface area contributed by atoms with E-state index in [0.29, 0.717) is 18.8 Å². The van der Waals surface area contributed by atoms with E-state index in [1.807, 2.05) is 6.07 Å². The van der Waals surface area contributed by atoms with Gasteiger partial charge >= 0.3 is 0 Å². The van der Waals surface area contributed by atoms with Gasteiger partial charge in [0.2, 0.25) is 15.9 Å². The molecule has 33 heavy (non-hydrogen) atoms. The molecule has 0 radical (unpaired) electrons. The maximum absolute atomic E-state index is 12.9. The Morgan fingerprint density at radius 3 is 2.30 bits per heavy atom. The van der Waals surface area contributed by atoms with Gasteiger partial charge in [0, 0.05) is 13.1 Å². The van der Waals surface area contributed by atoms with Crippen LogP contribution in [0.25, 0.3) is 0 Å². The molecular formula is C23H29N5O4S. The maximum Gasteiger partial charge on any atom is 0.288 e. The first-order valence-electron chi connectivity index (χ1n) is 10.8. The first-order valence-corrected chi connectivity index (χ1v) is 12.3. The van der Waals surface area contributed by atoms with Crippen molar-refractivity contribution in [2.24, 2.45) is 4.99 Å². The summed E-state index contributed by atoms with van der Waals surface area (Å²) in [5.74, 6) is -0.711. The van der Waals surface area contributed by atoms with Gasteiger partial charge in [-0.25, -0.2) is 18.4 Å². The van der Waals surface area contributed by atoms with Crippen LogP contribution in [0, 0.1) is 0 Å². The number of rotatable bonds is 8. The van der Waals surface area contributed by atoms with Gasteiger partial charge in [0.1, 0.15) is 6.04 Å². The Kier molecular flexibility index (Phi) is 7.50. The predicted molar refractivity (Wildman–Crippen MR) is 127 cm³/mol. The van der Waals surface area contributed by atoms with Crippen molar-refractivity contribution in [3.63, 3.8) is 0 Å². The van der Waals surface area contributed by atoms with Crippen molar-refractivity contribution in [2.45, 2.75) is 44.7 Å². The number of hydrazine groups is 1. The molecule has 3 rings (SSSR count). The lowest BCUT2D eigenvalue weighted by Gasteiger charge is -2.31. The van der Waals surface area contributed by atoms with E-state index in [1.165, 1.54) is 9.31 Å². The summed E-state index contributed by atoms with van der Waals surface area (Å²) in [4.78, 5) is 29.8. The van der Waals surface area contributed by atoms with Crippen molar-refractivity contribution >= 4 is 33.4 Å². The van der Waals surface area contributed by atoms with E-state index < -0.39 is 28.0 Å². The zero-order valence-electron chi connectivity index (χ0n) is 19.1. The number of anilines is 1. The van der Waals surface area contributed by atoms with Crippen molar-refractivity contribution in [2.75, 3.05) is 18.1 Å². The van der Waals surface area contributed by atoms with Crippen LogP contribution in [0.15, 0.2) is 64.5 Å². The first kappa shape index (κ1) is 24.4. The predicted octanol–water partition coefficient (Wildman–Crippen LogP) is 2.23. The lowest BCUT2D eigenvalue weighted by Crippen LogP contribution is -2.58. The van der Waals surface area contributed by atoms with Gasteiger partial charge < -0.3 is 5.32 Å². The average molecular weight is 472 g/mol. The van der Waals surface area contributed by atoms with Crippen molar-refractivity contribution in [3.05, 3.63) is 60.2 Å². The summed E-state index contributed by atoms with van der Waals surface area (Å²) in [7, 11) is -3.55. The number of amidine groups is 1. The fourth-order valence-corrected chi connectivity index (χ4v) is 4.95. The average Bonchev–Trinajstić information content (AvgIpc) is 2.81. The molecule has 1 aliphatic rings. The van der Waals surface area contributed by atoms with E-state index in [2.05, 4.69) is 15.7 Å². The van der Waals surface area contributed by atoms with Crippen LogP contribution in [-0.4, -0.2) is 49.5 Å². The van der Waals surface area contributed by atoms with E-state index in [0.717, 1.165) is 5.56 Å². The minimum atomic E-state index is -3.55. The highest BCUT2D eigenvalue weighted by molar-refractivity contribution is 7.89. The topological polar surface area (TPSA) is 111 Å². The molecular weight excluding hydrogens is 442 g/mol. The Morgan fingerprint density at radius 1 is 1.12 bits per heavy atom. The summed E-state index contributed by atoms with van der Waals surface area (Å²) < 4.78 is 26.7. The van der Waals surface area contributed by atoms with Crippen LogP contribution < -0.4 is 15.8 Å². The molecule has 176 valence electrons. The zero-order valence-corrected chi connectivity index (χ0v) is 20.0.